The summed E-state index contributed by atoms with van der Waals surface area (Å²) in [6.45, 7) is 5.59. The lowest BCUT2D eigenvalue weighted by Gasteiger charge is -2.20. The van der Waals surface area contributed by atoms with Gasteiger partial charge < -0.3 is 4.74 Å². The molecule has 19 heavy (non-hydrogen) atoms. The molecule has 108 valence electrons. The van der Waals surface area contributed by atoms with Crippen LogP contribution < -0.4 is 0 Å². The summed E-state index contributed by atoms with van der Waals surface area (Å²) in [6.07, 6.45) is -2.11. The van der Waals surface area contributed by atoms with Crippen molar-refractivity contribution in [2.75, 3.05) is 13.2 Å². The van der Waals surface area contributed by atoms with Crippen molar-refractivity contribution in [3.05, 3.63) is 21.1 Å². The van der Waals surface area contributed by atoms with Crippen molar-refractivity contribution in [3.8, 4) is 0 Å². The van der Waals surface area contributed by atoms with E-state index in [9.17, 15) is 8.78 Å². The molecule has 1 aromatic heterocycles. The Morgan fingerprint density at radius 3 is 2.47 bits per heavy atom. The Morgan fingerprint density at radius 2 is 1.95 bits per heavy atom. The quantitative estimate of drug-likeness (QED) is 0.590. The summed E-state index contributed by atoms with van der Waals surface area (Å²) >= 11 is 9.39. The molecule has 0 radical (unpaired) electrons. The maximum Gasteiger partial charge on any atom is 0.261 e. The van der Waals surface area contributed by atoms with Crippen LogP contribution >= 0.6 is 27.5 Å². The summed E-state index contributed by atoms with van der Waals surface area (Å²) < 4.78 is 29.3. The molecule has 0 aliphatic carbocycles. The zero-order valence-electron chi connectivity index (χ0n) is 11.0. The molecular formula is C12H16BrClF2N2O. The third-order valence-corrected chi connectivity index (χ3v) is 3.53. The highest BCUT2D eigenvalue weighted by Crippen LogP contribution is 2.32. The van der Waals surface area contributed by atoms with Gasteiger partial charge in [-0.15, -0.1) is 0 Å². The van der Waals surface area contributed by atoms with Crippen molar-refractivity contribution in [2.24, 2.45) is 0 Å². The van der Waals surface area contributed by atoms with Crippen LogP contribution in [0.1, 0.15) is 32.3 Å². The number of hydrogen-bond donors (Lipinski definition) is 0. The normalized spacial score (nSPS) is 12.2. The molecule has 0 spiro atoms. The fourth-order valence-corrected chi connectivity index (χ4v) is 2.37. The van der Waals surface area contributed by atoms with Gasteiger partial charge in [0.15, 0.2) is 0 Å². The van der Waals surface area contributed by atoms with E-state index in [1.807, 2.05) is 20.8 Å². The van der Waals surface area contributed by atoms with Crippen LogP contribution in [0, 0.1) is 0 Å². The highest BCUT2D eigenvalue weighted by atomic mass is 79.9. The van der Waals surface area contributed by atoms with Gasteiger partial charge in [0, 0.05) is 11.8 Å². The average Bonchev–Trinajstić information content (AvgIpc) is 2.27. The van der Waals surface area contributed by atoms with Crippen molar-refractivity contribution >= 4 is 27.5 Å². The predicted octanol–water partition coefficient (Wildman–Crippen LogP) is 4.01. The summed E-state index contributed by atoms with van der Waals surface area (Å²) in [7, 11) is 0. The Bertz CT molecular complexity index is 438. The van der Waals surface area contributed by atoms with Crippen LogP contribution in [0.15, 0.2) is 4.47 Å². The minimum Gasteiger partial charge on any atom is -0.375 e. The van der Waals surface area contributed by atoms with E-state index >= 15 is 0 Å². The first-order valence-corrected chi connectivity index (χ1v) is 6.97. The maximum absolute atomic E-state index is 11.9. The van der Waals surface area contributed by atoms with Crippen molar-refractivity contribution in [2.45, 2.75) is 39.0 Å². The van der Waals surface area contributed by atoms with Crippen LogP contribution in [0.3, 0.4) is 0 Å². The SMILES string of the molecule is CC(C)(C)c1nc(CCOCC(F)F)nc(Cl)c1Br. The van der Waals surface area contributed by atoms with E-state index in [4.69, 9.17) is 16.3 Å². The first-order valence-electron chi connectivity index (χ1n) is 5.80. The summed E-state index contributed by atoms with van der Waals surface area (Å²) in [6, 6.07) is 0. The van der Waals surface area contributed by atoms with Gasteiger partial charge in [-0.25, -0.2) is 18.7 Å². The molecule has 0 atom stereocenters. The Kier molecular flexibility index (Phi) is 6.08. The van der Waals surface area contributed by atoms with Crippen molar-refractivity contribution in [3.63, 3.8) is 0 Å². The Balaban J connectivity index is 2.78. The first kappa shape index (κ1) is 16.7. The van der Waals surface area contributed by atoms with Gasteiger partial charge in [-0.2, -0.15) is 0 Å². The van der Waals surface area contributed by atoms with Crippen LogP contribution in [-0.4, -0.2) is 29.6 Å². The van der Waals surface area contributed by atoms with Crippen LogP contribution in [0.5, 0.6) is 0 Å². The lowest BCUT2D eigenvalue weighted by molar-refractivity contribution is 0.0182. The first-order chi connectivity index (χ1) is 8.71. The number of hydrogen-bond acceptors (Lipinski definition) is 3. The summed E-state index contributed by atoms with van der Waals surface area (Å²) in [5.41, 5.74) is 0.598. The number of aromatic nitrogens is 2. The van der Waals surface area contributed by atoms with Gasteiger partial charge in [-0.3, -0.25) is 0 Å². The second-order valence-corrected chi connectivity index (χ2v) is 6.21. The van der Waals surface area contributed by atoms with E-state index in [0.29, 0.717) is 21.9 Å². The largest absolute Gasteiger partial charge is 0.375 e. The van der Waals surface area contributed by atoms with Gasteiger partial charge in [-0.1, -0.05) is 32.4 Å². The van der Waals surface area contributed by atoms with Crippen LogP contribution in [-0.2, 0) is 16.6 Å². The molecule has 7 heteroatoms. The number of ether oxygens (including phenoxy) is 1. The van der Waals surface area contributed by atoms with Crippen LogP contribution in [0.4, 0.5) is 8.78 Å². The van der Waals surface area contributed by atoms with Crippen molar-refractivity contribution < 1.29 is 13.5 Å². The summed E-state index contributed by atoms with van der Waals surface area (Å²) in [5, 5.41) is 0.323. The lowest BCUT2D eigenvalue weighted by atomic mass is 9.92. The van der Waals surface area contributed by atoms with E-state index < -0.39 is 13.0 Å². The Morgan fingerprint density at radius 1 is 1.32 bits per heavy atom. The number of halogens is 4. The van der Waals surface area contributed by atoms with E-state index in [1.54, 1.807) is 0 Å². The monoisotopic (exact) mass is 356 g/mol. The number of alkyl halides is 2. The van der Waals surface area contributed by atoms with Gasteiger partial charge >= 0.3 is 0 Å². The van der Waals surface area contributed by atoms with Crippen molar-refractivity contribution in [1.29, 1.82) is 0 Å². The average molecular weight is 358 g/mol. The van der Waals surface area contributed by atoms with E-state index in [-0.39, 0.29) is 12.0 Å². The molecule has 0 amide bonds. The molecule has 0 unspecified atom stereocenters. The van der Waals surface area contributed by atoms with Crippen molar-refractivity contribution in [1.82, 2.24) is 9.97 Å². The second kappa shape index (κ2) is 6.90. The molecule has 0 aliphatic heterocycles. The molecule has 0 saturated heterocycles. The van der Waals surface area contributed by atoms with Gasteiger partial charge in [0.05, 0.1) is 16.8 Å². The van der Waals surface area contributed by atoms with Crippen LogP contribution in [0.25, 0.3) is 0 Å². The minimum atomic E-state index is -2.46. The number of nitrogens with zero attached hydrogens (tertiary/aromatic N) is 2. The molecule has 3 nitrogen and oxygen atoms in total. The van der Waals surface area contributed by atoms with Crippen LogP contribution in [0.2, 0.25) is 5.15 Å². The summed E-state index contributed by atoms with van der Waals surface area (Å²) in [4.78, 5) is 8.51. The fraction of sp³-hybridized carbons (Fsp3) is 0.667. The lowest BCUT2D eigenvalue weighted by Crippen LogP contribution is -2.18. The molecular weight excluding hydrogens is 341 g/mol. The topological polar surface area (TPSA) is 35.0 Å². The fourth-order valence-electron chi connectivity index (χ4n) is 1.41. The molecule has 1 rings (SSSR count). The predicted molar refractivity (Wildman–Crippen MR) is 74.0 cm³/mol. The molecule has 0 N–H and O–H groups in total. The molecule has 0 aliphatic rings. The van der Waals surface area contributed by atoms with E-state index in [1.165, 1.54) is 0 Å². The zero-order chi connectivity index (χ0) is 14.6. The highest BCUT2D eigenvalue weighted by molar-refractivity contribution is 9.10. The Hall–Kier alpha value is -0.330. The molecule has 0 saturated carbocycles. The van der Waals surface area contributed by atoms with Gasteiger partial charge in [0.25, 0.3) is 6.43 Å². The van der Waals surface area contributed by atoms with E-state index in [2.05, 4.69) is 25.9 Å². The zero-order valence-corrected chi connectivity index (χ0v) is 13.4. The molecule has 1 heterocycles. The van der Waals surface area contributed by atoms with Gasteiger partial charge in [0.1, 0.15) is 17.6 Å². The maximum atomic E-state index is 11.9. The standard InChI is InChI=1S/C12H16BrClF2N2O/c1-12(2,3)10-9(13)11(14)18-8(17-10)4-5-19-6-7(15)16/h7H,4-6H2,1-3H3. The molecule has 0 bridgehead atoms. The second-order valence-electron chi connectivity index (χ2n) is 5.06. The molecule has 0 fully saturated rings. The third-order valence-electron chi connectivity index (χ3n) is 2.28. The van der Waals surface area contributed by atoms with E-state index in [0.717, 1.165) is 5.69 Å². The summed E-state index contributed by atoms with van der Waals surface area (Å²) in [5.74, 6) is 0.493. The Labute approximate surface area is 124 Å². The smallest absolute Gasteiger partial charge is 0.261 e. The number of rotatable bonds is 5. The van der Waals surface area contributed by atoms with Gasteiger partial charge in [-0.05, 0) is 15.9 Å². The highest BCUT2D eigenvalue weighted by Gasteiger charge is 2.22. The third kappa shape index (κ3) is 5.28. The molecule has 0 aromatic carbocycles. The molecule has 1 aromatic rings. The van der Waals surface area contributed by atoms with Gasteiger partial charge in [0.2, 0.25) is 0 Å². The minimum absolute atomic E-state index is 0.145.